The fourth-order valence-electron chi connectivity index (χ4n) is 5.49. The Labute approximate surface area is 232 Å². The summed E-state index contributed by atoms with van der Waals surface area (Å²) < 4.78 is 25.7. The Morgan fingerprint density at radius 2 is 1.79 bits per heavy atom. The van der Waals surface area contributed by atoms with Gasteiger partial charge in [-0.2, -0.15) is 4.98 Å². The van der Waals surface area contributed by atoms with E-state index in [2.05, 4.69) is 15.1 Å². The van der Waals surface area contributed by atoms with Gasteiger partial charge in [0, 0.05) is 42.7 Å². The van der Waals surface area contributed by atoms with Crippen LogP contribution < -0.4 is 19.7 Å². The topological polar surface area (TPSA) is 83.1 Å². The van der Waals surface area contributed by atoms with E-state index in [1.54, 1.807) is 38.5 Å². The van der Waals surface area contributed by atoms with Gasteiger partial charge in [0.15, 0.2) is 11.5 Å². The molecule has 3 aromatic rings. The van der Waals surface area contributed by atoms with Crippen LogP contribution in [0.2, 0.25) is 5.02 Å². The van der Waals surface area contributed by atoms with Crippen molar-refractivity contribution in [2.45, 2.75) is 37.8 Å². The maximum absolute atomic E-state index is 14.7. The Morgan fingerprint density at radius 3 is 2.44 bits per heavy atom. The number of piperidine rings is 1. The van der Waals surface area contributed by atoms with Gasteiger partial charge >= 0.3 is 0 Å². The van der Waals surface area contributed by atoms with E-state index in [-0.39, 0.29) is 23.7 Å². The third-order valence-corrected chi connectivity index (χ3v) is 8.06. The van der Waals surface area contributed by atoms with Crippen LogP contribution in [0.15, 0.2) is 30.3 Å². The lowest BCUT2D eigenvalue weighted by Gasteiger charge is -2.38. The van der Waals surface area contributed by atoms with Gasteiger partial charge in [-0.3, -0.25) is 9.69 Å². The molecule has 1 aromatic heterocycles. The van der Waals surface area contributed by atoms with Crippen molar-refractivity contribution in [2.24, 2.45) is 0 Å². The van der Waals surface area contributed by atoms with E-state index < -0.39 is 5.82 Å². The van der Waals surface area contributed by atoms with Crippen molar-refractivity contribution in [1.29, 1.82) is 0 Å². The summed E-state index contributed by atoms with van der Waals surface area (Å²) in [6.45, 7) is 2.35. The zero-order chi connectivity index (χ0) is 27.7. The molecule has 2 fully saturated rings. The Hall–Kier alpha value is -3.37. The van der Waals surface area contributed by atoms with Crippen LogP contribution in [0.3, 0.4) is 0 Å². The van der Waals surface area contributed by atoms with Gasteiger partial charge in [0.25, 0.3) is 0 Å². The summed E-state index contributed by atoms with van der Waals surface area (Å²) >= 11 is 5.95. The van der Waals surface area contributed by atoms with Crippen molar-refractivity contribution in [3.05, 3.63) is 41.2 Å². The van der Waals surface area contributed by atoms with E-state index >= 15 is 0 Å². The number of likely N-dealkylation sites (N-methyl/N-ethyl adjacent to an activating group) is 2. The molecule has 1 amide bonds. The van der Waals surface area contributed by atoms with Crippen LogP contribution in [0, 0.1) is 5.82 Å². The van der Waals surface area contributed by atoms with Gasteiger partial charge in [-0.1, -0.05) is 11.6 Å². The summed E-state index contributed by atoms with van der Waals surface area (Å²) in [7, 11) is 7.07. The summed E-state index contributed by atoms with van der Waals surface area (Å²) in [6, 6.07) is 8.16. The summed E-state index contributed by atoms with van der Waals surface area (Å²) in [5, 5.41) is 4.09. The van der Waals surface area contributed by atoms with Crippen LogP contribution in [-0.4, -0.2) is 85.7 Å². The van der Waals surface area contributed by atoms with Crippen LogP contribution in [-0.2, 0) is 4.79 Å². The second kappa shape index (κ2) is 11.4. The Bertz CT molecular complexity index is 1370. The zero-order valence-electron chi connectivity index (χ0n) is 22.7. The van der Waals surface area contributed by atoms with Crippen LogP contribution in [0.1, 0.15) is 25.7 Å². The molecule has 2 saturated heterocycles. The monoisotopic (exact) mass is 556 g/mol. The molecule has 0 aliphatic carbocycles. The van der Waals surface area contributed by atoms with Crippen molar-refractivity contribution < 1.29 is 18.7 Å². The lowest BCUT2D eigenvalue weighted by Crippen LogP contribution is -2.50. The Kier molecular flexibility index (Phi) is 7.95. The minimum Gasteiger partial charge on any atom is -0.493 e. The van der Waals surface area contributed by atoms with Gasteiger partial charge < -0.3 is 24.6 Å². The number of halogens is 2. The quantitative estimate of drug-likeness (QED) is 0.448. The number of aromatic nitrogens is 2. The molecule has 2 aliphatic rings. The molecule has 11 heteroatoms. The summed E-state index contributed by atoms with van der Waals surface area (Å²) in [6.07, 6.45) is 3.59. The first kappa shape index (κ1) is 27.2. The number of carbonyl (C=O) groups is 1. The van der Waals surface area contributed by atoms with Gasteiger partial charge in [-0.15, -0.1) is 0 Å². The van der Waals surface area contributed by atoms with Crippen molar-refractivity contribution in [1.82, 2.24) is 19.8 Å². The average Bonchev–Trinajstić information content (AvgIpc) is 3.38. The molecule has 0 spiro atoms. The van der Waals surface area contributed by atoms with E-state index in [9.17, 15) is 9.18 Å². The minimum atomic E-state index is -0.488. The number of likely N-dealkylation sites (tertiary alicyclic amines) is 1. The molecule has 0 saturated carbocycles. The number of ether oxygens (including phenoxy) is 2. The molecule has 5 rings (SSSR count). The van der Waals surface area contributed by atoms with Crippen molar-refractivity contribution >= 4 is 45.9 Å². The molecule has 39 heavy (non-hydrogen) atoms. The molecule has 0 radical (unpaired) electrons. The SMILES string of the molecule is COc1cc2nc(N3CCC(N(C)C(=O)[C@@H]4CCCN4C)CC3)nc(Nc3ccc(Cl)cc3F)c2cc1OC. The lowest BCUT2D eigenvalue weighted by atomic mass is 10.0. The smallest absolute Gasteiger partial charge is 0.239 e. The highest BCUT2D eigenvalue weighted by Crippen LogP contribution is 2.37. The average molecular weight is 557 g/mol. The van der Waals surface area contributed by atoms with Crippen molar-refractivity contribution in [3.8, 4) is 11.5 Å². The van der Waals surface area contributed by atoms with Gasteiger partial charge in [-0.05, 0) is 63.5 Å². The second-order valence-corrected chi connectivity index (χ2v) is 10.6. The van der Waals surface area contributed by atoms with Crippen LogP contribution >= 0.6 is 11.6 Å². The van der Waals surface area contributed by atoms with E-state index in [1.165, 1.54) is 6.07 Å². The molecule has 0 bridgehead atoms. The molecular weight excluding hydrogens is 523 g/mol. The highest BCUT2D eigenvalue weighted by molar-refractivity contribution is 6.30. The first-order chi connectivity index (χ1) is 18.8. The number of nitrogens with zero attached hydrogens (tertiary/aromatic N) is 5. The number of hydrogen-bond donors (Lipinski definition) is 1. The molecule has 3 heterocycles. The highest BCUT2D eigenvalue weighted by Gasteiger charge is 2.34. The molecule has 1 atom stereocenters. The number of amides is 1. The standard InChI is InChI=1S/C28H34ClFN6O3/c1-34-11-5-6-23(34)27(37)35(2)18-9-12-36(13-10-18)28-32-22-16-25(39-4)24(38-3)15-19(22)26(33-28)31-21-8-7-17(29)14-20(21)30/h7-8,14-16,18,23H,5-6,9-13H2,1-4H3,(H,31,32,33)/t23-/m0/s1. The van der Waals surface area contributed by atoms with Gasteiger partial charge in [-0.25, -0.2) is 9.37 Å². The summed E-state index contributed by atoms with van der Waals surface area (Å²) in [5.41, 5.74) is 0.879. The number of anilines is 3. The third kappa shape index (κ3) is 5.53. The van der Waals surface area contributed by atoms with Crippen LogP contribution in [0.25, 0.3) is 10.9 Å². The maximum atomic E-state index is 14.7. The minimum absolute atomic E-state index is 0.0225. The normalized spacial score (nSPS) is 18.4. The van der Waals surface area contributed by atoms with Crippen molar-refractivity contribution in [3.63, 3.8) is 0 Å². The van der Waals surface area contributed by atoms with Crippen molar-refractivity contribution in [2.75, 3.05) is 58.2 Å². The fraction of sp³-hybridized carbons (Fsp3) is 0.464. The number of methoxy groups -OCH3 is 2. The molecule has 2 aliphatic heterocycles. The molecule has 1 N–H and O–H groups in total. The molecule has 208 valence electrons. The van der Waals surface area contributed by atoms with E-state index in [1.807, 2.05) is 19.0 Å². The first-order valence-electron chi connectivity index (χ1n) is 13.2. The second-order valence-electron chi connectivity index (χ2n) is 10.2. The first-order valence-corrected chi connectivity index (χ1v) is 13.5. The van der Waals surface area contributed by atoms with Gasteiger partial charge in [0.1, 0.15) is 11.6 Å². The molecule has 0 unspecified atom stereocenters. The molecule has 9 nitrogen and oxygen atoms in total. The number of rotatable bonds is 7. The largest absolute Gasteiger partial charge is 0.493 e. The maximum Gasteiger partial charge on any atom is 0.239 e. The third-order valence-electron chi connectivity index (χ3n) is 7.82. The van der Waals surface area contributed by atoms with E-state index in [4.69, 9.17) is 31.0 Å². The zero-order valence-corrected chi connectivity index (χ0v) is 23.5. The summed E-state index contributed by atoms with van der Waals surface area (Å²) in [5.74, 6) is 1.73. The Morgan fingerprint density at radius 1 is 1.08 bits per heavy atom. The van der Waals surface area contributed by atoms with Gasteiger partial charge in [0.05, 0.1) is 31.5 Å². The van der Waals surface area contributed by atoms with Crippen LogP contribution in [0.4, 0.5) is 21.8 Å². The lowest BCUT2D eigenvalue weighted by molar-refractivity contribution is -0.136. The van der Waals surface area contributed by atoms with Gasteiger partial charge in [0.2, 0.25) is 11.9 Å². The Balaban J connectivity index is 1.42. The number of fused-ring (bicyclic) bond motifs is 1. The summed E-state index contributed by atoms with van der Waals surface area (Å²) in [4.78, 5) is 28.9. The number of carbonyl (C=O) groups excluding carboxylic acids is 1. The molecular formula is C28H34ClFN6O3. The fourth-order valence-corrected chi connectivity index (χ4v) is 5.65. The molecule has 2 aromatic carbocycles. The van der Waals surface area contributed by atoms with E-state index in [0.29, 0.717) is 52.3 Å². The number of nitrogens with one attached hydrogen (secondary N) is 1. The highest BCUT2D eigenvalue weighted by atomic mass is 35.5. The predicted molar refractivity (Wildman–Crippen MR) is 151 cm³/mol. The number of benzene rings is 2. The van der Waals surface area contributed by atoms with Crippen LogP contribution in [0.5, 0.6) is 11.5 Å². The predicted octanol–water partition coefficient (Wildman–Crippen LogP) is 4.70. The van der Waals surface area contributed by atoms with E-state index in [0.717, 1.165) is 32.2 Å². The number of hydrogen-bond acceptors (Lipinski definition) is 8.